The molecule has 1 nitrogen and oxygen atoms in total. The van der Waals surface area contributed by atoms with Gasteiger partial charge in [-0.3, -0.25) is 0 Å². The van der Waals surface area contributed by atoms with Gasteiger partial charge < -0.3 is 5.73 Å². The van der Waals surface area contributed by atoms with Crippen LogP contribution in [0.5, 0.6) is 0 Å². The first-order chi connectivity index (χ1) is 7.81. The molecule has 0 aliphatic carbocycles. The Hall–Kier alpha value is -1.60. The molecule has 16 heavy (non-hydrogen) atoms. The number of aryl methyl sites for hydroxylation is 1. The molecular formula is C15H17N. The minimum Gasteiger partial charge on any atom is -0.320 e. The summed E-state index contributed by atoms with van der Waals surface area (Å²) in [7, 11) is 0. The van der Waals surface area contributed by atoms with Gasteiger partial charge in [0.1, 0.15) is 0 Å². The molecule has 0 heterocycles. The van der Waals surface area contributed by atoms with E-state index in [1.165, 1.54) is 11.1 Å². The van der Waals surface area contributed by atoms with Crippen LogP contribution in [-0.2, 0) is 6.42 Å². The summed E-state index contributed by atoms with van der Waals surface area (Å²) in [4.78, 5) is 0. The normalized spacial score (nSPS) is 12.4. The maximum Gasteiger partial charge on any atom is 0.0551 e. The van der Waals surface area contributed by atoms with Crippen LogP contribution in [0.2, 0.25) is 0 Å². The zero-order valence-electron chi connectivity index (χ0n) is 9.56. The first-order valence-electron chi connectivity index (χ1n) is 5.70. The monoisotopic (exact) mass is 211 g/mol. The molecule has 0 aliphatic heterocycles. The molecule has 82 valence electrons. The number of rotatable bonds is 3. The molecule has 0 spiro atoms. The molecule has 0 saturated heterocycles. The molecule has 2 aromatic rings. The van der Waals surface area contributed by atoms with E-state index >= 15 is 0 Å². The van der Waals surface area contributed by atoms with Crippen molar-refractivity contribution in [3.05, 3.63) is 71.3 Å². The van der Waals surface area contributed by atoms with E-state index in [1.807, 2.05) is 18.2 Å². The van der Waals surface area contributed by atoms with Gasteiger partial charge in [0, 0.05) is 0 Å². The van der Waals surface area contributed by atoms with Crippen molar-refractivity contribution in [1.82, 2.24) is 0 Å². The molecule has 2 rings (SSSR count). The maximum absolute atomic E-state index is 6.21. The summed E-state index contributed by atoms with van der Waals surface area (Å²) < 4.78 is 0. The molecule has 0 aliphatic rings. The zero-order chi connectivity index (χ0) is 11.4. The lowest BCUT2D eigenvalue weighted by atomic mass is 9.98. The Morgan fingerprint density at radius 2 is 1.44 bits per heavy atom. The van der Waals surface area contributed by atoms with Crippen molar-refractivity contribution in [3.8, 4) is 0 Å². The summed E-state index contributed by atoms with van der Waals surface area (Å²) in [5.41, 5.74) is 9.89. The molecular weight excluding hydrogens is 194 g/mol. The number of hydrogen-bond acceptors (Lipinski definition) is 1. The van der Waals surface area contributed by atoms with Crippen molar-refractivity contribution in [2.75, 3.05) is 0 Å². The van der Waals surface area contributed by atoms with Crippen LogP contribution in [0.4, 0.5) is 0 Å². The number of hydrogen-bond donors (Lipinski definition) is 1. The largest absolute Gasteiger partial charge is 0.320 e. The van der Waals surface area contributed by atoms with Crippen molar-refractivity contribution in [2.24, 2.45) is 5.73 Å². The second-order valence-corrected chi connectivity index (χ2v) is 3.98. The third-order valence-corrected chi connectivity index (χ3v) is 2.91. The van der Waals surface area contributed by atoms with Crippen molar-refractivity contribution in [2.45, 2.75) is 19.4 Å². The van der Waals surface area contributed by atoms with Gasteiger partial charge in [-0.15, -0.1) is 0 Å². The quantitative estimate of drug-likeness (QED) is 0.828. The fourth-order valence-electron chi connectivity index (χ4n) is 1.81. The van der Waals surface area contributed by atoms with Crippen LogP contribution in [-0.4, -0.2) is 0 Å². The van der Waals surface area contributed by atoms with Gasteiger partial charge in [-0.1, -0.05) is 61.5 Å². The Labute approximate surface area is 96.9 Å². The number of benzene rings is 2. The summed E-state index contributed by atoms with van der Waals surface area (Å²) in [6, 6.07) is 18.7. The lowest BCUT2D eigenvalue weighted by Gasteiger charge is -2.12. The Morgan fingerprint density at radius 3 is 2.00 bits per heavy atom. The topological polar surface area (TPSA) is 26.0 Å². The predicted octanol–water partition coefficient (Wildman–Crippen LogP) is 3.30. The first kappa shape index (κ1) is 10.9. The highest BCUT2D eigenvalue weighted by Gasteiger charge is 2.07. The van der Waals surface area contributed by atoms with Gasteiger partial charge in [-0.05, 0) is 23.1 Å². The van der Waals surface area contributed by atoms with Crippen molar-refractivity contribution < 1.29 is 0 Å². The van der Waals surface area contributed by atoms with Gasteiger partial charge in [0.15, 0.2) is 0 Å². The molecule has 1 atom stereocenters. The van der Waals surface area contributed by atoms with E-state index in [1.54, 1.807) is 0 Å². The zero-order valence-corrected chi connectivity index (χ0v) is 9.56. The summed E-state index contributed by atoms with van der Waals surface area (Å²) in [5, 5.41) is 0. The SMILES string of the molecule is CCc1ccc([C@@H](N)c2ccccc2)cc1. The molecule has 0 radical (unpaired) electrons. The second kappa shape index (κ2) is 4.95. The molecule has 0 bridgehead atoms. The van der Waals surface area contributed by atoms with Gasteiger partial charge in [0.2, 0.25) is 0 Å². The highest BCUT2D eigenvalue weighted by Crippen LogP contribution is 2.19. The molecule has 2 N–H and O–H groups in total. The smallest absolute Gasteiger partial charge is 0.0551 e. The molecule has 2 aromatic carbocycles. The van der Waals surface area contributed by atoms with Crippen LogP contribution in [0.25, 0.3) is 0 Å². The van der Waals surface area contributed by atoms with Gasteiger partial charge in [-0.2, -0.15) is 0 Å². The van der Waals surface area contributed by atoms with E-state index in [4.69, 9.17) is 5.73 Å². The fraction of sp³-hybridized carbons (Fsp3) is 0.200. The molecule has 0 amide bonds. The summed E-state index contributed by atoms with van der Waals surface area (Å²) >= 11 is 0. The van der Waals surface area contributed by atoms with E-state index in [-0.39, 0.29) is 6.04 Å². The van der Waals surface area contributed by atoms with E-state index in [2.05, 4.69) is 43.3 Å². The Morgan fingerprint density at radius 1 is 0.875 bits per heavy atom. The fourth-order valence-corrected chi connectivity index (χ4v) is 1.81. The molecule has 0 saturated carbocycles. The second-order valence-electron chi connectivity index (χ2n) is 3.98. The molecule has 0 fully saturated rings. The first-order valence-corrected chi connectivity index (χ1v) is 5.70. The van der Waals surface area contributed by atoms with Gasteiger partial charge in [-0.25, -0.2) is 0 Å². The van der Waals surface area contributed by atoms with Crippen molar-refractivity contribution in [3.63, 3.8) is 0 Å². The third-order valence-electron chi connectivity index (χ3n) is 2.91. The minimum absolute atomic E-state index is 0.0212. The Kier molecular flexibility index (Phi) is 3.37. The Balaban J connectivity index is 2.24. The molecule has 0 unspecified atom stereocenters. The van der Waals surface area contributed by atoms with E-state index in [0.29, 0.717) is 0 Å². The summed E-state index contributed by atoms with van der Waals surface area (Å²) in [6.45, 7) is 2.16. The van der Waals surface area contributed by atoms with Crippen LogP contribution < -0.4 is 5.73 Å². The molecule has 0 aromatic heterocycles. The Bertz CT molecular complexity index is 431. The highest BCUT2D eigenvalue weighted by molar-refractivity contribution is 5.32. The van der Waals surface area contributed by atoms with E-state index < -0.39 is 0 Å². The van der Waals surface area contributed by atoms with Crippen LogP contribution in [0.3, 0.4) is 0 Å². The average Bonchev–Trinajstić information content (AvgIpc) is 2.39. The predicted molar refractivity (Wildman–Crippen MR) is 68.3 cm³/mol. The maximum atomic E-state index is 6.21. The highest BCUT2D eigenvalue weighted by atomic mass is 14.6. The lowest BCUT2D eigenvalue weighted by Crippen LogP contribution is -2.11. The summed E-state index contributed by atoms with van der Waals surface area (Å²) in [6.07, 6.45) is 1.07. The van der Waals surface area contributed by atoms with Crippen LogP contribution in [0.1, 0.15) is 29.7 Å². The number of nitrogens with two attached hydrogens (primary N) is 1. The van der Waals surface area contributed by atoms with E-state index in [0.717, 1.165) is 12.0 Å². The van der Waals surface area contributed by atoms with Gasteiger partial charge in [0.05, 0.1) is 6.04 Å². The lowest BCUT2D eigenvalue weighted by molar-refractivity contribution is 0.870. The van der Waals surface area contributed by atoms with Crippen molar-refractivity contribution in [1.29, 1.82) is 0 Å². The molecule has 1 heteroatoms. The van der Waals surface area contributed by atoms with Crippen molar-refractivity contribution >= 4 is 0 Å². The van der Waals surface area contributed by atoms with Crippen LogP contribution >= 0.6 is 0 Å². The van der Waals surface area contributed by atoms with Gasteiger partial charge in [0.25, 0.3) is 0 Å². The van der Waals surface area contributed by atoms with Gasteiger partial charge >= 0.3 is 0 Å². The van der Waals surface area contributed by atoms with Crippen LogP contribution in [0.15, 0.2) is 54.6 Å². The third kappa shape index (κ3) is 2.31. The standard InChI is InChI=1S/C15H17N/c1-2-12-8-10-14(11-9-12)15(16)13-6-4-3-5-7-13/h3-11,15H,2,16H2,1H3/t15-/m0/s1. The van der Waals surface area contributed by atoms with Crippen LogP contribution in [0, 0.1) is 0 Å². The van der Waals surface area contributed by atoms with E-state index in [9.17, 15) is 0 Å². The average molecular weight is 211 g/mol. The summed E-state index contributed by atoms with van der Waals surface area (Å²) in [5.74, 6) is 0. The minimum atomic E-state index is -0.0212.